The maximum atomic E-state index is 4.36. The van der Waals surface area contributed by atoms with E-state index in [-0.39, 0.29) is 0 Å². The van der Waals surface area contributed by atoms with E-state index in [1.165, 1.54) is 44.5 Å². The number of nitrogens with zero attached hydrogens (tertiary/aromatic N) is 3. The maximum Gasteiger partial charge on any atom is 0.0534 e. The fourth-order valence-electron chi connectivity index (χ4n) is 3.38. The highest BCUT2D eigenvalue weighted by molar-refractivity contribution is 5.04. The van der Waals surface area contributed by atoms with Gasteiger partial charge < -0.3 is 5.32 Å². The number of rotatable bonds is 3. The van der Waals surface area contributed by atoms with Crippen LogP contribution in [0.5, 0.6) is 0 Å². The zero-order chi connectivity index (χ0) is 12.4. The van der Waals surface area contributed by atoms with Gasteiger partial charge in [0, 0.05) is 37.4 Å². The molecule has 3 rings (SSSR count). The molecule has 100 valence electrons. The van der Waals surface area contributed by atoms with Crippen molar-refractivity contribution in [3.8, 4) is 0 Å². The van der Waals surface area contributed by atoms with Crippen LogP contribution in [-0.4, -0.2) is 40.4 Å². The van der Waals surface area contributed by atoms with Gasteiger partial charge in [-0.1, -0.05) is 0 Å². The molecular weight excluding hydrogens is 224 g/mol. The lowest BCUT2D eigenvalue weighted by Crippen LogP contribution is -2.51. The minimum Gasteiger partial charge on any atom is -0.314 e. The summed E-state index contributed by atoms with van der Waals surface area (Å²) in [5.41, 5.74) is 1.36. The Bertz CT molecular complexity index is 387. The Morgan fingerprint density at radius 2 is 2.39 bits per heavy atom. The Kier molecular flexibility index (Phi) is 3.66. The summed E-state index contributed by atoms with van der Waals surface area (Å²) in [6.07, 6.45) is 8.28. The number of likely N-dealkylation sites (tertiary alicyclic amines) is 1. The van der Waals surface area contributed by atoms with Gasteiger partial charge in [0.2, 0.25) is 0 Å². The van der Waals surface area contributed by atoms with Crippen LogP contribution in [0.1, 0.15) is 31.7 Å². The molecule has 0 saturated carbocycles. The summed E-state index contributed by atoms with van der Waals surface area (Å²) in [5.74, 6) is 0.869. The zero-order valence-electron chi connectivity index (χ0n) is 11.3. The van der Waals surface area contributed by atoms with E-state index in [0.29, 0.717) is 0 Å². The minimum absolute atomic E-state index is 0.786. The summed E-state index contributed by atoms with van der Waals surface area (Å²) in [5, 5.41) is 8.03. The summed E-state index contributed by atoms with van der Waals surface area (Å²) >= 11 is 0. The van der Waals surface area contributed by atoms with Crippen LogP contribution in [0.4, 0.5) is 0 Å². The van der Waals surface area contributed by atoms with Crippen LogP contribution in [0.25, 0.3) is 0 Å². The highest BCUT2D eigenvalue weighted by Crippen LogP contribution is 2.25. The molecule has 2 unspecified atom stereocenters. The molecule has 0 aromatic carbocycles. The summed E-state index contributed by atoms with van der Waals surface area (Å²) in [6.45, 7) is 7.89. The first kappa shape index (κ1) is 12.2. The molecule has 1 aromatic heterocycles. The molecule has 0 radical (unpaired) electrons. The molecule has 0 amide bonds. The molecule has 4 heteroatoms. The maximum absolute atomic E-state index is 4.36. The fraction of sp³-hybridized carbons (Fsp3) is 0.786. The van der Waals surface area contributed by atoms with Crippen molar-refractivity contribution in [2.75, 3.05) is 19.6 Å². The van der Waals surface area contributed by atoms with Crippen LogP contribution in [0.15, 0.2) is 12.4 Å². The molecule has 1 N–H and O–H groups in total. The van der Waals surface area contributed by atoms with Gasteiger partial charge in [0.05, 0.1) is 6.20 Å². The van der Waals surface area contributed by atoms with Gasteiger partial charge in [-0.15, -0.1) is 0 Å². The predicted molar refractivity (Wildman–Crippen MR) is 72.3 cm³/mol. The number of aryl methyl sites for hydroxylation is 1. The van der Waals surface area contributed by atoms with Crippen molar-refractivity contribution in [1.29, 1.82) is 0 Å². The van der Waals surface area contributed by atoms with Crippen LogP contribution in [0.3, 0.4) is 0 Å². The second-order valence-electron chi connectivity index (χ2n) is 5.69. The summed E-state index contributed by atoms with van der Waals surface area (Å²) in [6, 6.07) is 0.786. The molecule has 2 saturated heterocycles. The second-order valence-corrected chi connectivity index (χ2v) is 5.69. The lowest BCUT2D eigenvalue weighted by atomic mass is 9.85. The third-order valence-electron chi connectivity index (χ3n) is 4.39. The van der Waals surface area contributed by atoms with Crippen molar-refractivity contribution >= 4 is 0 Å². The van der Waals surface area contributed by atoms with Crippen LogP contribution in [0.2, 0.25) is 0 Å². The summed E-state index contributed by atoms with van der Waals surface area (Å²) < 4.78 is 2.02. The molecule has 2 aliphatic heterocycles. The molecule has 2 atom stereocenters. The van der Waals surface area contributed by atoms with E-state index >= 15 is 0 Å². The largest absolute Gasteiger partial charge is 0.314 e. The van der Waals surface area contributed by atoms with Crippen molar-refractivity contribution in [2.24, 2.45) is 5.92 Å². The van der Waals surface area contributed by atoms with Gasteiger partial charge in [-0.2, -0.15) is 5.10 Å². The highest BCUT2D eigenvalue weighted by atomic mass is 15.3. The topological polar surface area (TPSA) is 33.1 Å². The number of hydrogen-bond acceptors (Lipinski definition) is 3. The third kappa shape index (κ3) is 2.59. The molecule has 18 heavy (non-hydrogen) atoms. The quantitative estimate of drug-likeness (QED) is 0.879. The molecule has 4 nitrogen and oxygen atoms in total. The number of nitrogens with one attached hydrogen (secondary N) is 1. The standard InChI is InChI=1S/C14H24N4/c1-2-18-10-12(8-16-18)9-17-7-5-14-13(11-17)4-3-6-15-14/h8,10,13-15H,2-7,9,11H2,1H3. The normalized spacial score (nSPS) is 29.2. The van der Waals surface area contributed by atoms with Crippen LogP contribution in [0, 0.1) is 5.92 Å². The van der Waals surface area contributed by atoms with E-state index in [9.17, 15) is 0 Å². The average molecular weight is 248 g/mol. The van der Waals surface area contributed by atoms with Crippen molar-refractivity contribution in [3.63, 3.8) is 0 Å². The first-order valence-corrected chi connectivity index (χ1v) is 7.32. The zero-order valence-corrected chi connectivity index (χ0v) is 11.3. The van der Waals surface area contributed by atoms with Crippen molar-refractivity contribution < 1.29 is 0 Å². The molecule has 2 aliphatic rings. The van der Waals surface area contributed by atoms with Crippen LogP contribution >= 0.6 is 0 Å². The monoisotopic (exact) mass is 248 g/mol. The number of aromatic nitrogens is 2. The second kappa shape index (κ2) is 5.41. The summed E-state index contributed by atoms with van der Waals surface area (Å²) in [7, 11) is 0. The molecule has 3 heterocycles. The molecule has 0 bridgehead atoms. The van der Waals surface area contributed by atoms with E-state index in [2.05, 4.69) is 28.4 Å². The lowest BCUT2D eigenvalue weighted by molar-refractivity contribution is 0.109. The summed E-state index contributed by atoms with van der Waals surface area (Å²) in [4.78, 5) is 2.60. The van der Waals surface area contributed by atoms with Crippen LogP contribution < -0.4 is 5.32 Å². The Hall–Kier alpha value is -0.870. The number of piperidine rings is 2. The first-order chi connectivity index (χ1) is 8.85. The Labute approximate surface area is 109 Å². The number of fused-ring (bicyclic) bond motifs is 1. The molecular formula is C14H24N4. The van der Waals surface area contributed by atoms with Crippen LogP contribution in [-0.2, 0) is 13.1 Å². The van der Waals surface area contributed by atoms with E-state index in [1.54, 1.807) is 0 Å². The van der Waals surface area contributed by atoms with E-state index < -0.39 is 0 Å². The molecule has 2 fully saturated rings. The predicted octanol–water partition coefficient (Wildman–Crippen LogP) is 1.48. The Balaban J connectivity index is 1.57. The van der Waals surface area contributed by atoms with E-state index in [4.69, 9.17) is 0 Å². The van der Waals surface area contributed by atoms with Crippen molar-refractivity contribution in [3.05, 3.63) is 18.0 Å². The number of hydrogen-bond donors (Lipinski definition) is 1. The first-order valence-electron chi connectivity index (χ1n) is 7.32. The van der Waals surface area contributed by atoms with Crippen molar-refractivity contribution in [2.45, 2.75) is 45.3 Å². The van der Waals surface area contributed by atoms with E-state index in [0.717, 1.165) is 25.0 Å². The van der Waals surface area contributed by atoms with Gasteiger partial charge in [-0.25, -0.2) is 0 Å². The van der Waals surface area contributed by atoms with E-state index in [1.807, 2.05) is 10.9 Å². The molecule has 1 aromatic rings. The fourth-order valence-corrected chi connectivity index (χ4v) is 3.38. The molecule has 0 aliphatic carbocycles. The van der Waals surface area contributed by atoms with Gasteiger partial charge in [0.1, 0.15) is 0 Å². The Morgan fingerprint density at radius 1 is 1.44 bits per heavy atom. The van der Waals surface area contributed by atoms with Gasteiger partial charge in [-0.3, -0.25) is 9.58 Å². The van der Waals surface area contributed by atoms with Crippen molar-refractivity contribution in [1.82, 2.24) is 20.0 Å². The van der Waals surface area contributed by atoms with Gasteiger partial charge in [-0.05, 0) is 45.2 Å². The van der Waals surface area contributed by atoms with Gasteiger partial charge in [0.25, 0.3) is 0 Å². The smallest absolute Gasteiger partial charge is 0.0534 e. The minimum atomic E-state index is 0.786. The highest BCUT2D eigenvalue weighted by Gasteiger charge is 2.30. The Morgan fingerprint density at radius 3 is 3.22 bits per heavy atom. The SMILES string of the molecule is CCn1cc(CN2CCC3NCCCC3C2)cn1. The van der Waals surface area contributed by atoms with Gasteiger partial charge >= 0.3 is 0 Å². The average Bonchev–Trinajstić information content (AvgIpc) is 2.86. The van der Waals surface area contributed by atoms with Gasteiger partial charge in [0.15, 0.2) is 0 Å². The molecule has 0 spiro atoms. The third-order valence-corrected chi connectivity index (χ3v) is 4.39. The lowest BCUT2D eigenvalue weighted by Gasteiger charge is -2.41.